The molecule has 9 heteroatoms. The molecule has 0 amide bonds. The van der Waals surface area contributed by atoms with Crippen molar-refractivity contribution in [1.29, 1.82) is 0 Å². The predicted octanol–water partition coefficient (Wildman–Crippen LogP) is 1.11. The fourth-order valence-corrected chi connectivity index (χ4v) is 4.78. The summed E-state index contributed by atoms with van der Waals surface area (Å²) in [7, 11) is 1.47. The highest BCUT2D eigenvalue weighted by Gasteiger charge is 2.70. The van der Waals surface area contributed by atoms with Gasteiger partial charge in [-0.2, -0.15) is 0 Å². The van der Waals surface area contributed by atoms with Crippen LogP contribution in [0.25, 0.3) is 0 Å². The Labute approximate surface area is 197 Å². The Balaban J connectivity index is 1.67. The molecule has 2 aliphatic heterocycles. The molecule has 34 heavy (non-hydrogen) atoms. The summed E-state index contributed by atoms with van der Waals surface area (Å²) in [5, 5.41) is 10.7. The summed E-state index contributed by atoms with van der Waals surface area (Å²) < 4.78 is 26.0. The normalized spacial score (nSPS) is 28.5. The summed E-state index contributed by atoms with van der Waals surface area (Å²) in [4.78, 5) is 26.1. The first kappa shape index (κ1) is 24.1. The van der Waals surface area contributed by atoms with Gasteiger partial charge in [-0.15, -0.1) is 13.0 Å². The van der Waals surface area contributed by atoms with Crippen LogP contribution in [-0.4, -0.2) is 51.4 Å². The highest BCUT2D eigenvalue weighted by molar-refractivity contribution is 5.23. The van der Waals surface area contributed by atoms with Crippen LogP contribution in [0.3, 0.4) is 0 Å². The van der Waals surface area contributed by atoms with E-state index in [4.69, 9.17) is 25.4 Å². The second-order valence-corrected chi connectivity index (χ2v) is 8.40. The Morgan fingerprint density at radius 3 is 2.74 bits per heavy atom. The second kappa shape index (κ2) is 9.70. The van der Waals surface area contributed by atoms with E-state index in [9.17, 15) is 14.7 Å². The number of rotatable bonds is 9. The van der Waals surface area contributed by atoms with Gasteiger partial charge < -0.3 is 24.1 Å². The lowest BCUT2D eigenvalue weighted by atomic mass is 9.85. The molecule has 4 rings (SSSR count). The van der Waals surface area contributed by atoms with Gasteiger partial charge in [-0.1, -0.05) is 42.3 Å². The largest absolute Gasteiger partial charge is 0.377 e. The van der Waals surface area contributed by atoms with E-state index in [1.807, 2.05) is 30.3 Å². The number of hydrogen-bond acceptors (Lipinski definition) is 7. The Morgan fingerprint density at radius 2 is 2.09 bits per heavy atom. The first-order chi connectivity index (χ1) is 16.4. The number of aliphatic hydroxyl groups excluding tert-OH is 1. The van der Waals surface area contributed by atoms with Gasteiger partial charge in [0.2, 0.25) is 0 Å². The van der Waals surface area contributed by atoms with Gasteiger partial charge >= 0.3 is 5.69 Å². The third-order valence-electron chi connectivity index (χ3n) is 6.37. The Kier molecular flexibility index (Phi) is 6.89. The van der Waals surface area contributed by atoms with E-state index in [-0.39, 0.29) is 13.3 Å². The van der Waals surface area contributed by atoms with Crippen molar-refractivity contribution >= 4 is 0 Å². The average Bonchev–Trinajstić information content (AvgIpc) is 3.34. The van der Waals surface area contributed by atoms with Gasteiger partial charge in [0.15, 0.2) is 11.8 Å². The molecule has 2 aromatic rings. The zero-order valence-corrected chi connectivity index (χ0v) is 19.1. The number of hydrogen-bond donors (Lipinski definition) is 1. The number of nitrogens with zero attached hydrogens (tertiary/aromatic N) is 2. The maximum atomic E-state index is 13.3. The number of terminal acetylenes is 1. The van der Waals surface area contributed by atoms with Crippen molar-refractivity contribution in [3.05, 3.63) is 81.1 Å². The summed E-state index contributed by atoms with van der Waals surface area (Å²) in [6.45, 7) is 5.33. The molecule has 180 valence electrons. The lowest BCUT2D eigenvalue weighted by Crippen LogP contribution is -2.56. The van der Waals surface area contributed by atoms with Crippen LogP contribution >= 0.6 is 0 Å². The number of benzene rings is 1. The van der Waals surface area contributed by atoms with Gasteiger partial charge in [-0.05, 0) is 18.9 Å². The van der Waals surface area contributed by atoms with Gasteiger partial charge in [0, 0.05) is 18.9 Å². The van der Waals surface area contributed by atoms with Crippen LogP contribution in [0.5, 0.6) is 0 Å². The van der Waals surface area contributed by atoms with Gasteiger partial charge in [-0.25, -0.2) is 9.36 Å². The molecule has 1 N–H and O–H groups in total. The zero-order chi connectivity index (χ0) is 24.5. The molecule has 0 saturated carbocycles. The number of aromatic nitrogens is 2. The molecule has 2 saturated heterocycles. The highest BCUT2D eigenvalue weighted by atomic mass is 16.7. The van der Waals surface area contributed by atoms with E-state index in [1.54, 1.807) is 13.0 Å². The third kappa shape index (κ3) is 3.83. The molecule has 2 fully saturated rings. The molecule has 0 aliphatic carbocycles. The van der Waals surface area contributed by atoms with Crippen molar-refractivity contribution < 1.29 is 24.1 Å². The standard InChI is InChI=1S/C25H28N2O7/c1-5-10-19-25(18(28)6-2)21(31-4)20(33-19)23(34-25)26-13-16(3)22(29)27(24(26)30)15-32-14-17-11-8-7-9-12-17/h2,5,7-9,11-13,18-21,23,28H,1,10,14-15H2,3-4H3/t18?,19?,20-,21+,23-,25?/m1/s1. The topological polar surface area (TPSA) is 101 Å². The minimum atomic E-state index is -1.40. The highest BCUT2D eigenvalue weighted by Crippen LogP contribution is 2.52. The molecule has 0 spiro atoms. The Bertz CT molecular complexity index is 1200. The van der Waals surface area contributed by atoms with Crippen LogP contribution in [0.1, 0.15) is 23.8 Å². The summed E-state index contributed by atoms with van der Waals surface area (Å²) in [5.41, 5.74) is -1.27. The lowest BCUT2D eigenvalue weighted by Gasteiger charge is -2.39. The number of ether oxygens (including phenoxy) is 4. The Hall–Kier alpha value is -3.00. The molecule has 3 unspecified atom stereocenters. The van der Waals surface area contributed by atoms with Gasteiger partial charge in [0.1, 0.15) is 25.0 Å². The molecule has 3 heterocycles. The monoisotopic (exact) mass is 468 g/mol. The summed E-state index contributed by atoms with van der Waals surface area (Å²) in [5.74, 6) is 2.31. The van der Waals surface area contributed by atoms with Gasteiger partial charge in [0.05, 0.1) is 12.7 Å². The van der Waals surface area contributed by atoms with Crippen LogP contribution in [-0.2, 0) is 32.3 Å². The molecule has 1 aromatic carbocycles. The number of methoxy groups -OCH3 is 1. The first-order valence-electron chi connectivity index (χ1n) is 10.9. The summed E-state index contributed by atoms with van der Waals surface area (Å²) in [6, 6.07) is 9.42. The lowest BCUT2D eigenvalue weighted by molar-refractivity contribution is -0.234. The van der Waals surface area contributed by atoms with E-state index in [2.05, 4.69) is 12.5 Å². The average molecular weight is 469 g/mol. The van der Waals surface area contributed by atoms with Crippen molar-refractivity contribution in [2.45, 2.75) is 62.9 Å². The molecule has 1 aromatic heterocycles. The number of fused-ring (bicyclic) bond motifs is 2. The zero-order valence-electron chi connectivity index (χ0n) is 19.1. The second-order valence-electron chi connectivity index (χ2n) is 8.40. The third-order valence-corrected chi connectivity index (χ3v) is 6.37. The predicted molar refractivity (Wildman–Crippen MR) is 123 cm³/mol. The maximum absolute atomic E-state index is 13.3. The van der Waals surface area contributed by atoms with Crippen molar-refractivity contribution in [2.75, 3.05) is 7.11 Å². The summed E-state index contributed by atoms with van der Waals surface area (Å²) in [6.07, 6.45) is 4.54. The van der Waals surface area contributed by atoms with E-state index in [0.29, 0.717) is 12.0 Å². The van der Waals surface area contributed by atoms with Gasteiger partial charge in [-0.3, -0.25) is 9.36 Å². The van der Waals surface area contributed by atoms with E-state index in [0.717, 1.165) is 10.1 Å². The van der Waals surface area contributed by atoms with E-state index in [1.165, 1.54) is 17.9 Å². The van der Waals surface area contributed by atoms with Gasteiger partial charge in [0.25, 0.3) is 5.56 Å². The van der Waals surface area contributed by atoms with Crippen molar-refractivity contribution in [1.82, 2.24) is 9.13 Å². The van der Waals surface area contributed by atoms with Crippen LogP contribution in [0.4, 0.5) is 0 Å². The maximum Gasteiger partial charge on any atom is 0.335 e. The molecule has 2 aliphatic rings. The van der Waals surface area contributed by atoms with Crippen LogP contribution < -0.4 is 11.2 Å². The molecule has 0 radical (unpaired) electrons. The first-order valence-corrected chi connectivity index (χ1v) is 10.9. The number of aliphatic hydroxyl groups is 1. The molecule has 9 nitrogen and oxygen atoms in total. The minimum Gasteiger partial charge on any atom is -0.377 e. The molecule has 2 bridgehead atoms. The fourth-order valence-electron chi connectivity index (χ4n) is 4.78. The summed E-state index contributed by atoms with van der Waals surface area (Å²) >= 11 is 0. The minimum absolute atomic E-state index is 0.235. The molecule has 6 atom stereocenters. The van der Waals surface area contributed by atoms with Crippen LogP contribution in [0, 0.1) is 19.3 Å². The van der Waals surface area contributed by atoms with Crippen LogP contribution in [0.2, 0.25) is 0 Å². The molecular formula is C25H28N2O7. The van der Waals surface area contributed by atoms with Crippen molar-refractivity contribution in [3.63, 3.8) is 0 Å². The van der Waals surface area contributed by atoms with Crippen LogP contribution in [0.15, 0.2) is 58.8 Å². The van der Waals surface area contributed by atoms with Crippen molar-refractivity contribution in [3.8, 4) is 12.3 Å². The quantitative estimate of drug-likeness (QED) is 0.435. The Morgan fingerprint density at radius 1 is 1.35 bits per heavy atom. The van der Waals surface area contributed by atoms with E-state index >= 15 is 0 Å². The van der Waals surface area contributed by atoms with E-state index < -0.39 is 47.5 Å². The smallest absolute Gasteiger partial charge is 0.335 e. The van der Waals surface area contributed by atoms with Crippen molar-refractivity contribution in [2.24, 2.45) is 0 Å². The fraction of sp³-hybridized carbons (Fsp3) is 0.440. The molecular weight excluding hydrogens is 440 g/mol. The SMILES string of the molecule is C#CC(O)C12O[C@@H](n3cc(C)c(=O)n(COCc4ccccc4)c3=O)[C@H](OC1CC=C)[C@@H]2OC. The number of aryl methyl sites for hydroxylation is 1.